The number of likely N-dealkylation sites (tertiary alicyclic amines) is 1. The van der Waals surface area contributed by atoms with Gasteiger partial charge in [0.25, 0.3) is 0 Å². The van der Waals surface area contributed by atoms with Crippen molar-refractivity contribution in [1.82, 2.24) is 4.90 Å². The zero-order valence-corrected chi connectivity index (χ0v) is 10.6. The summed E-state index contributed by atoms with van der Waals surface area (Å²) in [5.41, 5.74) is 7.38. The summed E-state index contributed by atoms with van der Waals surface area (Å²) in [6.07, 6.45) is 1.99. The maximum atomic E-state index is 13.4. The summed E-state index contributed by atoms with van der Waals surface area (Å²) in [6, 6.07) is 5.04. The Morgan fingerprint density at radius 3 is 2.83 bits per heavy atom. The second-order valence-electron chi connectivity index (χ2n) is 5.07. The number of rotatable bonds is 5. The van der Waals surface area contributed by atoms with Gasteiger partial charge >= 0.3 is 0 Å². The number of nitrogens with two attached hydrogens (primary N) is 1. The minimum absolute atomic E-state index is 0.209. The molecule has 3 nitrogen and oxygen atoms in total. The van der Waals surface area contributed by atoms with Crippen LogP contribution in [0.3, 0.4) is 0 Å². The molecule has 0 spiro atoms. The maximum absolute atomic E-state index is 13.4. The van der Waals surface area contributed by atoms with Gasteiger partial charge in [-0.25, -0.2) is 4.39 Å². The Bertz CT molecular complexity index is 397. The van der Waals surface area contributed by atoms with Crippen molar-refractivity contribution in [3.05, 3.63) is 35.1 Å². The van der Waals surface area contributed by atoms with Gasteiger partial charge < -0.3 is 10.8 Å². The Labute approximate surface area is 107 Å². The Morgan fingerprint density at radius 1 is 1.33 bits per heavy atom. The molecule has 1 aliphatic heterocycles. The van der Waals surface area contributed by atoms with Crippen molar-refractivity contribution in [2.45, 2.75) is 25.9 Å². The van der Waals surface area contributed by atoms with Crippen molar-refractivity contribution in [2.24, 2.45) is 11.7 Å². The van der Waals surface area contributed by atoms with Crippen LogP contribution in [0.2, 0.25) is 0 Å². The summed E-state index contributed by atoms with van der Waals surface area (Å²) in [5.74, 6) is 0.372. The number of halogens is 1. The Morgan fingerprint density at radius 2 is 2.11 bits per heavy atom. The van der Waals surface area contributed by atoms with Gasteiger partial charge in [-0.15, -0.1) is 0 Å². The van der Waals surface area contributed by atoms with Gasteiger partial charge in [0.1, 0.15) is 5.82 Å². The summed E-state index contributed by atoms with van der Waals surface area (Å²) < 4.78 is 13.4. The van der Waals surface area contributed by atoms with Gasteiger partial charge in [-0.1, -0.05) is 6.07 Å². The van der Waals surface area contributed by atoms with Crippen LogP contribution in [0.5, 0.6) is 0 Å². The Hall–Kier alpha value is -0.970. The molecule has 0 bridgehead atoms. The molecular formula is C14H21FN2O. The van der Waals surface area contributed by atoms with Crippen LogP contribution in [0, 0.1) is 11.7 Å². The van der Waals surface area contributed by atoms with Crippen LogP contribution in [0.25, 0.3) is 0 Å². The van der Waals surface area contributed by atoms with Gasteiger partial charge in [0.2, 0.25) is 0 Å². The lowest BCUT2D eigenvalue weighted by Crippen LogP contribution is -2.20. The first-order chi connectivity index (χ1) is 8.71. The third kappa shape index (κ3) is 3.51. The van der Waals surface area contributed by atoms with E-state index in [1.54, 1.807) is 6.07 Å². The van der Waals surface area contributed by atoms with Crippen molar-refractivity contribution < 1.29 is 9.50 Å². The van der Waals surface area contributed by atoms with Crippen LogP contribution in [-0.4, -0.2) is 29.7 Å². The molecule has 1 aromatic rings. The minimum Gasteiger partial charge on any atom is -0.396 e. The smallest absolute Gasteiger partial charge is 0.123 e. The van der Waals surface area contributed by atoms with Crippen molar-refractivity contribution in [2.75, 3.05) is 19.7 Å². The van der Waals surface area contributed by atoms with E-state index in [1.807, 2.05) is 6.07 Å². The lowest BCUT2D eigenvalue weighted by Gasteiger charge is -2.16. The van der Waals surface area contributed by atoms with Gasteiger partial charge in [0.15, 0.2) is 0 Å². The fourth-order valence-electron chi connectivity index (χ4n) is 2.66. The fourth-order valence-corrected chi connectivity index (χ4v) is 2.66. The topological polar surface area (TPSA) is 49.5 Å². The van der Waals surface area contributed by atoms with E-state index in [9.17, 15) is 4.39 Å². The maximum Gasteiger partial charge on any atom is 0.123 e. The molecule has 4 heteroatoms. The zero-order chi connectivity index (χ0) is 13.0. The summed E-state index contributed by atoms with van der Waals surface area (Å²) in [5, 5.41) is 8.93. The summed E-state index contributed by atoms with van der Waals surface area (Å²) in [6.45, 7) is 3.43. The van der Waals surface area contributed by atoms with Crippen LogP contribution in [0.4, 0.5) is 4.39 Å². The van der Waals surface area contributed by atoms with Gasteiger partial charge in [-0.2, -0.15) is 0 Å². The first-order valence-electron chi connectivity index (χ1n) is 6.53. The molecule has 0 aliphatic carbocycles. The molecule has 1 heterocycles. The predicted molar refractivity (Wildman–Crippen MR) is 69.4 cm³/mol. The van der Waals surface area contributed by atoms with Gasteiger partial charge in [-0.3, -0.25) is 4.90 Å². The van der Waals surface area contributed by atoms with Gasteiger partial charge in [0, 0.05) is 26.2 Å². The van der Waals surface area contributed by atoms with Crippen molar-refractivity contribution in [3.63, 3.8) is 0 Å². The molecule has 1 aromatic carbocycles. The van der Waals surface area contributed by atoms with E-state index in [2.05, 4.69) is 4.90 Å². The average Bonchev–Trinajstić information content (AvgIpc) is 2.76. The number of aliphatic hydroxyl groups excluding tert-OH is 1. The molecule has 1 fully saturated rings. The highest BCUT2D eigenvalue weighted by molar-refractivity contribution is 5.24. The molecule has 1 saturated heterocycles. The van der Waals surface area contributed by atoms with Crippen molar-refractivity contribution in [1.29, 1.82) is 0 Å². The largest absolute Gasteiger partial charge is 0.396 e. The number of hydrogen-bond acceptors (Lipinski definition) is 3. The van der Waals surface area contributed by atoms with E-state index >= 15 is 0 Å². The van der Waals surface area contributed by atoms with E-state index in [-0.39, 0.29) is 12.4 Å². The number of aliphatic hydroxyl groups is 1. The molecule has 0 saturated carbocycles. The molecule has 3 N–H and O–H groups in total. The first-order valence-corrected chi connectivity index (χ1v) is 6.53. The first kappa shape index (κ1) is 13.5. The van der Waals surface area contributed by atoms with Crippen LogP contribution in [-0.2, 0) is 13.1 Å². The van der Waals surface area contributed by atoms with Gasteiger partial charge in [-0.05, 0) is 48.6 Å². The molecule has 0 radical (unpaired) electrons. The fraction of sp³-hybridized carbons (Fsp3) is 0.571. The molecular weight excluding hydrogens is 231 g/mol. The van der Waals surface area contributed by atoms with Gasteiger partial charge in [0.05, 0.1) is 0 Å². The number of nitrogens with zero attached hydrogens (tertiary/aromatic N) is 1. The van der Waals surface area contributed by atoms with E-state index in [0.29, 0.717) is 12.5 Å². The lowest BCUT2D eigenvalue weighted by molar-refractivity contribution is 0.249. The quantitative estimate of drug-likeness (QED) is 0.834. The second kappa shape index (κ2) is 6.27. The third-order valence-electron chi connectivity index (χ3n) is 3.57. The molecule has 18 heavy (non-hydrogen) atoms. The van der Waals surface area contributed by atoms with E-state index in [0.717, 1.165) is 43.6 Å². The molecule has 1 aliphatic rings. The van der Waals surface area contributed by atoms with Crippen molar-refractivity contribution >= 4 is 0 Å². The van der Waals surface area contributed by atoms with E-state index in [4.69, 9.17) is 10.8 Å². The summed E-state index contributed by atoms with van der Waals surface area (Å²) in [7, 11) is 0. The molecule has 1 unspecified atom stereocenters. The minimum atomic E-state index is -0.209. The van der Waals surface area contributed by atoms with Crippen molar-refractivity contribution in [3.8, 4) is 0 Å². The van der Waals surface area contributed by atoms with E-state index < -0.39 is 0 Å². The van der Waals surface area contributed by atoms with E-state index in [1.165, 1.54) is 6.07 Å². The monoisotopic (exact) mass is 252 g/mol. The normalized spacial score (nSPS) is 20.5. The highest BCUT2D eigenvalue weighted by Gasteiger charge is 2.21. The summed E-state index contributed by atoms with van der Waals surface area (Å²) >= 11 is 0. The summed E-state index contributed by atoms with van der Waals surface area (Å²) in [4.78, 5) is 2.31. The third-order valence-corrected chi connectivity index (χ3v) is 3.57. The SMILES string of the molecule is NCc1cc(F)cc(CN2CCC(CCO)C2)c1. The average molecular weight is 252 g/mol. The second-order valence-corrected chi connectivity index (χ2v) is 5.07. The van der Waals surface area contributed by atoms with Crippen LogP contribution in [0.1, 0.15) is 24.0 Å². The Balaban J connectivity index is 1.95. The Kier molecular flexibility index (Phi) is 4.69. The van der Waals surface area contributed by atoms with Crippen LogP contribution < -0.4 is 5.73 Å². The molecule has 2 rings (SSSR count). The number of hydrogen-bond donors (Lipinski definition) is 2. The molecule has 0 amide bonds. The number of benzene rings is 1. The standard InChI is InChI=1S/C14H21FN2O/c15-14-6-12(8-16)5-13(7-14)10-17-3-1-11(9-17)2-4-18/h5-7,11,18H,1-4,8-10,16H2. The lowest BCUT2D eigenvalue weighted by atomic mass is 10.1. The predicted octanol–water partition coefficient (Wildman–Crippen LogP) is 1.49. The highest BCUT2D eigenvalue weighted by atomic mass is 19.1. The molecule has 1 atom stereocenters. The van der Waals surface area contributed by atoms with Crippen LogP contribution in [0.15, 0.2) is 18.2 Å². The molecule has 100 valence electrons. The molecule has 0 aromatic heterocycles. The van der Waals surface area contributed by atoms with Crippen LogP contribution >= 0.6 is 0 Å². The highest BCUT2D eigenvalue weighted by Crippen LogP contribution is 2.21. The zero-order valence-electron chi connectivity index (χ0n) is 10.6.